The molecule has 3 rings (SSSR count). The van der Waals surface area contributed by atoms with E-state index in [-0.39, 0.29) is 29.8 Å². The van der Waals surface area contributed by atoms with E-state index < -0.39 is 10.0 Å². The lowest BCUT2D eigenvalue weighted by Gasteiger charge is -2.30. The van der Waals surface area contributed by atoms with Gasteiger partial charge in [-0.25, -0.2) is 13.2 Å². The lowest BCUT2D eigenvalue weighted by Crippen LogP contribution is -2.39. The molecule has 9 heteroatoms. The van der Waals surface area contributed by atoms with Gasteiger partial charge < -0.3 is 16.0 Å². The fraction of sp³-hybridized carbons (Fsp3) is 0.364. The van der Waals surface area contributed by atoms with E-state index in [0.717, 1.165) is 12.8 Å². The molecule has 0 spiro atoms. The van der Waals surface area contributed by atoms with E-state index in [1.54, 1.807) is 24.3 Å². The number of benzene rings is 2. The van der Waals surface area contributed by atoms with Crippen molar-refractivity contribution in [1.82, 2.24) is 9.62 Å². The highest BCUT2D eigenvalue weighted by Crippen LogP contribution is 2.24. The molecule has 31 heavy (non-hydrogen) atoms. The van der Waals surface area contributed by atoms with Crippen LogP contribution in [0.25, 0.3) is 0 Å². The molecule has 1 heterocycles. The van der Waals surface area contributed by atoms with Crippen LogP contribution in [0.2, 0.25) is 0 Å². The van der Waals surface area contributed by atoms with Gasteiger partial charge >= 0.3 is 6.03 Å². The predicted molar refractivity (Wildman–Crippen MR) is 120 cm³/mol. The highest BCUT2D eigenvalue weighted by molar-refractivity contribution is 7.89. The second-order valence-electron chi connectivity index (χ2n) is 7.68. The van der Waals surface area contributed by atoms with Crippen molar-refractivity contribution >= 4 is 33.3 Å². The number of anilines is 2. The van der Waals surface area contributed by atoms with Crippen LogP contribution < -0.4 is 16.0 Å². The van der Waals surface area contributed by atoms with Crippen molar-refractivity contribution in [2.45, 2.75) is 31.1 Å². The number of para-hydroxylation sites is 1. The second-order valence-corrected chi connectivity index (χ2v) is 9.62. The van der Waals surface area contributed by atoms with Crippen LogP contribution in [0.4, 0.5) is 16.2 Å². The largest absolute Gasteiger partial charge is 0.337 e. The maximum Gasteiger partial charge on any atom is 0.319 e. The highest BCUT2D eigenvalue weighted by Gasteiger charge is 2.28. The zero-order chi connectivity index (χ0) is 22.3. The molecule has 3 N–H and O–H groups in total. The Morgan fingerprint density at radius 2 is 1.68 bits per heavy atom. The Morgan fingerprint density at radius 3 is 2.35 bits per heavy atom. The van der Waals surface area contributed by atoms with E-state index in [1.165, 1.54) is 16.4 Å². The Bertz CT molecular complexity index is 994. The summed E-state index contributed by atoms with van der Waals surface area (Å²) in [6, 6.07) is 14.8. The summed E-state index contributed by atoms with van der Waals surface area (Å²) in [6.07, 6.45) is 2.00. The Kier molecular flexibility index (Phi) is 7.64. The van der Waals surface area contributed by atoms with Crippen molar-refractivity contribution in [2.75, 3.05) is 30.3 Å². The van der Waals surface area contributed by atoms with Crippen molar-refractivity contribution in [3.8, 4) is 0 Å². The summed E-state index contributed by atoms with van der Waals surface area (Å²) >= 11 is 0. The summed E-state index contributed by atoms with van der Waals surface area (Å²) in [4.78, 5) is 24.1. The minimum Gasteiger partial charge on any atom is -0.337 e. The van der Waals surface area contributed by atoms with Crippen LogP contribution in [0.3, 0.4) is 0 Å². The summed E-state index contributed by atoms with van der Waals surface area (Å²) in [5.74, 6) is 0.0749. The number of carbonyl (C=O) groups excluding carboxylic acids is 2. The Morgan fingerprint density at radius 1 is 1.00 bits per heavy atom. The van der Waals surface area contributed by atoms with Crippen LogP contribution in [0.15, 0.2) is 59.5 Å². The highest BCUT2D eigenvalue weighted by atomic mass is 32.2. The van der Waals surface area contributed by atoms with Gasteiger partial charge in [0.25, 0.3) is 0 Å². The molecular weight excluding hydrogens is 416 g/mol. The first kappa shape index (κ1) is 22.8. The molecule has 2 aromatic carbocycles. The number of amides is 3. The zero-order valence-electron chi connectivity index (χ0n) is 17.5. The van der Waals surface area contributed by atoms with Crippen molar-refractivity contribution in [2.24, 2.45) is 5.92 Å². The summed E-state index contributed by atoms with van der Waals surface area (Å²) in [7, 11) is -3.52. The number of nitrogens with one attached hydrogen (secondary N) is 3. The Labute approximate surface area is 183 Å². The molecule has 2 aromatic rings. The average molecular weight is 445 g/mol. The maximum atomic E-state index is 12.8. The number of hydrogen-bond donors (Lipinski definition) is 3. The summed E-state index contributed by atoms with van der Waals surface area (Å²) in [6.45, 7) is 3.30. The van der Waals surface area contributed by atoms with Gasteiger partial charge in [-0.3, -0.25) is 4.79 Å². The number of rotatable bonds is 7. The number of carbonyl (C=O) groups is 2. The van der Waals surface area contributed by atoms with E-state index in [0.29, 0.717) is 30.4 Å². The van der Waals surface area contributed by atoms with Crippen LogP contribution in [0, 0.1) is 5.92 Å². The van der Waals surface area contributed by atoms with Crippen LogP contribution >= 0.6 is 0 Å². The third-order valence-corrected chi connectivity index (χ3v) is 6.94. The molecule has 0 radical (unpaired) electrons. The molecule has 1 atom stereocenters. The van der Waals surface area contributed by atoms with Gasteiger partial charge in [-0.15, -0.1) is 0 Å². The van der Waals surface area contributed by atoms with E-state index in [9.17, 15) is 18.0 Å². The standard InChI is InChI=1S/C22H28N4O4S/c1-17-6-5-15-26(16-17)31(29,30)20-11-9-19(10-12-20)24-21(27)13-14-23-22(28)25-18-7-3-2-4-8-18/h2-4,7-12,17H,5-6,13-16H2,1H3,(H,24,27)(H2,23,25,28). The lowest BCUT2D eigenvalue weighted by molar-refractivity contribution is -0.116. The molecule has 1 saturated heterocycles. The van der Waals surface area contributed by atoms with Crippen LogP contribution in [0.5, 0.6) is 0 Å². The lowest BCUT2D eigenvalue weighted by atomic mass is 10.0. The van der Waals surface area contributed by atoms with Gasteiger partial charge in [0.1, 0.15) is 0 Å². The minimum absolute atomic E-state index is 0.0912. The number of sulfonamides is 1. The fourth-order valence-corrected chi connectivity index (χ4v) is 5.03. The first-order chi connectivity index (χ1) is 14.8. The molecule has 1 aliphatic heterocycles. The molecule has 8 nitrogen and oxygen atoms in total. The first-order valence-electron chi connectivity index (χ1n) is 10.3. The minimum atomic E-state index is -3.52. The number of piperidine rings is 1. The summed E-state index contributed by atoms with van der Waals surface area (Å²) < 4.78 is 27.1. The molecule has 0 saturated carbocycles. The molecule has 1 aliphatic rings. The number of hydrogen-bond acceptors (Lipinski definition) is 4. The molecule has 3 amide bonds. The number of nitrogens with zero attached hydrogens (tertiary/aromatic N) is 1. The molecule has 0 aliphatic carbocycles. The normalized spacial score (nSPS) is 17.0. The average Bonchev–Trinajstić information content (AvgIpc) is 2.75. The van der Waals surface area contributed by atoms with E-state index in [2.05, 4.69) is 22.9 Å². The van der Waals surface area contributed by atoms with E-state index in [1.807, 2.05) is 18.2 Å². The fourth-order valence-electron chi connectivity index (χ4n) is 3.43. The van der Waals surface area contributed by atoms with Crippen molar-refractivity contribution in [1.29, 1.82) is 0 Å². The topological polar surface area (TPSA) is 108 Å². The smallest absolute Gasteiger partial charge is 0.319 e. The third-order valence-electron chi connectivity index (χ3n) is 5.06. The van der Waals surface area contributed by atoms with Gasteiger partial charge in [-0.05, 0) is 55.2 Å². The zero-order valence-corrected chi connectivity index (χ0v) is 18.3. The van der Waals surface area contributed by atoms with Gasteiger partial charge in [0.15, 0.2) is 0 Å². The SMILES string of the molecule is CC1CCCN(S(=O)(=O)c2ccc(NC(=O)CCNC(=O)Nc3ccccc3)cc2)C1. The second kappa shape index (κ2) is 10.4. The maximum absolute atomic E-state index is 12.8. The van der Waals surface area contributed by atoms with E-state index >= 15 is 0 Å². The monoisotopic (exact) mass is 444 g/mol. The van der Waals surface area contributed by atoms with Crippen molar-refractivity contribution in [3.05, 3.63) is 54.6 Å². The van der Waals surface area contributed by atoms with E-state index in [4.69, 9.17) is 0 Å². The number of urea groups is 1. The van der Waals surface area contributed by atoms with Crippen LogP contribution in [-0.4, -0.2) is 44.3 Å². The molecule has 0 aromatic heterocycles. The van der Waals surface area contributed by atoms with Crippen molar-refractivity contribution in [3.63, 3.8) is 0 Å². The predicted octanol–water partition coefficient (Wildman–Crippen LogP) is 3.26. The van der Waals surface area contributed by atoms with Gasteiger partial charge in [0.05, 0.1) is 4.90 Å². The van der Waals surface area contributed by atoms with Gasteiger partial charge in [-0.2, -0.15) is 4.31 Å². The van der Waals surface area contributed by atoms with Gasteiger partial charge in [0, 0.05) is 37.4 Å². The van der Waals surface area contributed by atoms with Gasteiger partial charge in [0.2, 0.25) is 15.9 Å². The van der Waals surface area contributed by atoms with Crippen molar-refractivity contribution < 1.29 is 18.0 Å². The Hall–Kier alpha value is -2.91. The quantitative estimate of drug-likeness (QED) is 0.609. The first-order valence-corrected chi connectivity index (χ1v) is 11.8. The third kappa shape index (κ3) is 6.53. The summed E-state index contributed by atoms with van der Waals surface area (Å²) in [5, 5.41) is 8.01. The molecule has 1 unspecified atom stereocenters. The van der Waals surface area contributed by atoms with Gasteiger partial charge in [-0.1, -0.05) is 25.1 Å². The van der Waals surface area contributed by atoms with Crippen LogP contribution in [0.1, 0.15) is 26.2 Å². The molecule has 1 fully saturated rings. The molecule has 0 bridgehead atoms. The Balaban J connectivity index is 1.46. The summed E-state index contributed by atoms with van der Waals surface area (Å²) in [5.41, 5.74) is 1.17. The van der Waals surface area contributed by atoms with Crippen LogP contribution in [-0.2, 0) is 14.8 Å². The molecular formula is C22H28N4O4S. The molecule has 166 valence electrons.